The van der Waals surface area contributed by atoms with Crippen LogP contribution in [0.3, 0.4) is 0 Å². The van der Waals surface area contributed by atoms with Crippen LogP contribution in [0.15, 0.2) is 36.5 Å². The number of imidazole rings is 1. The fraction of sp³-hybridized carbons (Fsp3) is 0.250. The van der Waals surface area contributed by atoms with Gasteiger partial charge in [-0.05, 0) is 37.0 Å². The van der Waals surface area contributed by atoms with Crippen molar-refractivity contribution in [2.24, 2.45) is 5.92 Å². The Morgan fingerprint density at radius 3 is 2.90 bits per heavy atom. The second-order valence-electron chi connectivity index (χ2n) is 5.45. The third-order valence-electron chi connectivity index (χ3n) is 3.79. The normalized spacial score (nSPS) is 14.5. The van der Waals surface area contributed by atoms with Crippen molar-refractivity contribution in [1.29, 1.82) is 0 Å². The molecule has 2 aromatic heterocycles. The van der Waals surface area contributed by atoms with Crippen LogP contribution in [0.25, 0.3) is 22.4 Å². The number of hydrogen-bond donors (Lipinski definition) is 2. The Labute approximate surface area is 127 Å². The van der Waals surface area contributed by atoms with Crippen LogP contribution in [-0.4, -0.2) is 21.5 Å². The highest BCUT2D eigenvalue weighted by Crippen LogP contribution is 2.31. The van der Waals surface area contributed by atoms with Crippen molar-refractivity contribution in [1.82, 2.24) is 15.0 Å². The number of H-pyrrole nitrogens is 1. The van der Waals surface area contributed by atoms with E-state index in [9.17, 15) is 0 Å². The number of halogens is 1. The zero-order valence-electron chi connectivity index (χ0n) is 11.4. The van der Waals surface area contributed by atoms with Gasteiger partial charge in [0.2, 0.25) is 0 Å². The predicted molar refractivity (Wildman–Crippen MR) is 85.5 cm³/mol. The maximum absolute atomic E-state index is 6.25. The molecule has 0 unspecified atom stereocenters. The Kier molecular flexibility index (Phi) is 3.04. The number of rotatable bonds is 4. The van der Waals surface area contributed by atoms with E-state index < -0.39 is 0 Å². The van der Waals surface area contributed by atoms with E-state index in [1.807, 2.05) is 30.3 Å². The van der Waals surface area contributed by atoms with E-state index in [1.54, 1.807) is 6.20 Å². The van der Waals surface area contributed by atoms with Crippen LogP contribution >= 0.6 is 11.6 Å². The fourth-order valence-electron chi connectivity index (χ4n) is 2.41. The second kappa shape index (κ2) is 5.04. The molecular weight excluding hydrogens is 284 g/mol. The van der Waals surface area contributed by atoms with E-state index in [-0.39, 0.29) is 0 Å². The van der Waals surface area contributed by atoms with Crippen LogP contribution in [0.5, 0.6) is 0 Å². The van der Waals surface area contributed by atoms with Crippen molar-refractivity contribution < 1.29 is 0 Å². The highest BCUT2D eigenvalue weighted by Gasteiger charge is 2.21. The Morgan fingerprint density at radius 2 is 2.10 bits per heavy atom. The minimum atomic E-state index is 0.692. The molecule has 0 saturated heterocycles. The van der Waals surface area contributed by atoms with Crippen molar-refractivity contribution in [3.63, 3.8) is 0 Å². The predicted octanol–water partition coefficient (Wildman–Crippen LogP) is 4.10. The summed E-state index contributed by atoms with van der Waals surface area (Å²) in [5, 5.41) is 4.09. The van der Waals surface area contributed by atoms with Gasteiger partial charge in [-0.1, -0.05) is 23.7 Å². The maximum atomic E-state index is 6.25. The smallest absolute Gasteiger partial charge is 0.154 e. The molecule has 1 aromatic carbocycles. The van der Waals surface area contributed by atoms with Crippen molar-refractivity contribution in [3.05, 3.63) is 41.6 Å². The van der Waals surface area contributed by atoms with Crippen LogP contribution in [0.4, 0.5) is 5.82 Å². The lowest BCUT2D eigenvalue weighted by Gasteiger charge is -2.03. The van der Waals surface area contributed by atoms with Gasteiger partial charge in [-0.3, -0.25) is 0 Å². The molecule has 5 heteroatoms. The average molecular weight is 299 g/mol. The molecule has 3 aromatic rings. The number of nitrogens with one attached hydrogen (secondary N) is 2. The number of anilines is 1. The molecule has 1 aliphatic carbocycles. The van der Waals surface area contributed by atoms with E-state index in [4.69, 9.17) is 11.6 Å². The van der Waals surface area contributed by atoms with Gasteiger partial charge in [-0.25, -0.2) is 9.97 Å². The van der Waals surface area contributed by atoms with E-state index in [1.165, 1.54) is 12.8 Å². The molecule has 1 saturated carbocycles. The van der Waals surface area contributed by atoms with Gasteiger partial charge in [0.1, 0.15) is 11.3 Å². The summed E-state index contributed by atoms with van der Waals surface area (Å²) in [4.78, 5) is 12.4. The van der Waals surface area contributed by atoms with Crippen LogP contribution in [0.2, 0.25) is 5.02 Å². The van der Waals surface area contributed by atoms with Gasteiger partial charge in [-0.2, -0.15) is 0 Å². The first kappa shape index (κ1) is 12.7. The third kappa shape index (κ3) is 2.47. The second-order valence-corrected chi connectivity index (χ2v) is 5.85. The lowest BCUT2D eigenvalue weighted by molar-refractivity contribution is 0.884. The summed E-state index contributed by atoms with van der Waals surface area (Å²) in [6.07, 6.45) is 4.43. The Morgan fingerprint density at radius 1 is 1.24 bits per heavy atom. The summed E-state index contributed by atoms with van der Waals surface area (Å²) in [7, 11) is 0. The van der Waals surface area contributed by atoms with Gasteiger partial charge >= 0.3 is 0 Å². The highest BCUT2D eigenvalue weighted by atomic mass is 35.5. The SMILES string of the molecule is Clc1ccccc1-c1nc2c(NCC3CC3)nccc2[nH]1. The standard InChI is InChI=1S/C16H15ClN4/c17-12-4-2-1-3-11(12)15-20-13-7-8-18-16(14(13)21-15)19-9-10-5-6-10/h1-4,7-8,10H,5-6,9H2,(H,18,19)(H,20,21). The zero-order valence-corrected chi connectivity index (χ0v) is 12.2. The molecule has 4 rings (SSSR count). The Bertz CT molecular complexity index is 792. The number of pyridine rings is 1. The summed E-state index contributed by atoms with van der Waals surface area (Å²) < 4.78 is 0. The van der Waals surface area contributed by atoms with Gasteiger partial charge in [0.25, 0.3) is 0 Å². The van der Waals surface area contributed by atoms with Crippen molar-refractivity contribution in [2.45, 2.75) is 12.8 Å². The molecule has 0 amide bonds. The molecule has 2 N–H and O–H groups in total. The molecule has 0 spiro atoms. The monoisotopic (exact) mass is 298 g/mol. The fourth-order valence-corrected chi connectivity index (χ4v) is 2.63. The Balaban J connectivity index is 1.75. The molecule has 4 nitrogen and oxygen atoms in total. The first-order valence-electron chi connectivity index (χ1n) is 7.15. The van der Waals surface area contributed by atoms with E-state index in [0.717, 1.165) is 40.7 Å². The summed E-state index contributed by atoms with van der Waals surface area (Å²) in [6.45, 7) is 0.973. The van der Waals surface area contributed by atoms with E-state index in [0.29, 0.717) is 5.02 Å². The first-order chi connectivity index (χ1) is 10.3. The third-order valence-corrected chi connectivity index (χ3v) is 4.11. The minimum absolute atomic E-state index is 0.692. The molecular formula is C16H15ClN4. The minimum Gasteiger partial charge on any atom is -0.368 e. The molecule has 1 fully saturated rings. The number of aromatic amines is 1. The van der Waals surface area contributed by atoms with Gasteiger partial charge in [0.15, 0.2) is 5.82 Å². The molecule has 106 valence electrons. The van der Waals surface area contributed by atoms with Gasteiger partial charge in [0, 0.05) is 18.3 Å². The van der Waals surface area contributed by atoms with Crippen molar-refractivity contribution >= 4 is 28.5 Å². The maximum Gasteiger partial charge on any atom is 0.154 e. The average Bonchev–Trinajstić information content (AvgIpc) is 3.22. The molecule has 2 heterocycles. The number of aromatic nitrogens is 3. The molecule has 21 heavy (non-hydrogen) atoms. The number of nitrogens with zero attached hydrogens (tertiary/aromatic N) is 2. The molecule has 0 radical (unpaired) electrons. The van der Waals surface area contributed by atoms with Crippen LogP contribution in [0.1, 0.15) is 12.8 Å². The van der Waals surface area contributed by atoms with Gasteiger partial charge in [-0.15, -0.1) is 0 Å². The van der Waals surface area contributed by atoms with E-state index >= 15 is 0 Å². The number of hydrogen-bond acceptors (Lipinski definition) is 3. The quantitative estimate of drug-likeness (QED) is 0.762. The largest absolute Gasteiger partial charge is 0.368 e. The van der Waals surface area contributed by atoms with Crippen LogP contribution in [0, 0.1) is 5.92 Å². The molecule has 0 atom stereocenters. The van der Waals surface area contributed by atoms with Gasteiger partial charge < -0.3 is 10.3 Å². The summed E-state index contributed by atoms with van der Waals surface area (Å²) in [6, 6.07) is 9.64. The number of benzene rings is 1. The topological polar surface area (TPSA) is 53.6 Å². The van der Waals surface area contributed by atoms with Gasteiger partial charge in [0.05, 0.1) is 10.5 Å². The van der Waals surface area contributed by atoms with Crippen LogP contribution in [-0.2, 0) is 0 Å². The molecule has 1 aliphatic rings. The number of fused-ring (bicyclic) bond motifs is 1. The first-order valence-corrected chi connectivity index (χ1v) is 7.52. The van der Waals surface area contributed by atoms with Crippen molar-refractivity contribution in [3.8, 4) is 11.4 Å². The van der Waals surface area contributed by atoms with E-state index in [2.05, 4.69) is 20.3 Å². The van der Waals surface area contributed by atoms with Crippen molar-refractivity contribution in [2.75, 3.05) is 11.9 Å². The highest BCUT2D eigenvalue weighted by molar-refractivity contribution is 6.33. The van der Waals surface area contributed by atoms with Crippen LogP contribution < -0.4 is 5.32 Å². The summed E-state index contributed by atoms with van der Waals surface area (Å²) in [5.41, 5.74) is 2.75. The summed E-state index contributed by atoms with van der Waals surface area (Å²) >= 11 is 6.25. The Hall–Kier alpha value is -2.07. The lowest BCUT2D eigenvalue weighted by atomic mass is 10.2. The molecule has 0 bridgehead atoms. The lowest BCUT2D eigenvalue weighted by Crippen LogP contribution is -2.05. The summed E-state index contributed by atoms with van der Waals surface area (Å²) in [5.74, 6) is 2.41. The zero-order chi connectivity index (χ0) is 14.2. The molecule has 0 aliphatic heterocycles.